The molecule has 3 heterocycles. The summed E-state index contributed by atoms with van der Waals surface area (Å²) in [6, 6.07) is 2.24. The Morgan fingerprint density at radius 3 is 2.76 bits per heavy atom. The molecule has 0 spiro atoms. The van der Waals surface area contributed by atoms with Crippen LogP contribution in [-0.4, -0.2) is 38.3 Å². The molecule has 1 N–H and O–H groups in total. The van der Waals surface area contributed by atoms with Crippen LogP contribution >= 0.6 is 11.3 Å². The van der Waals surface area contributed by atoms with Gasteiger partial charge in [-0.25, -0.2) is 4.98 Å². The van der Waals surface area contributed by atoms with Crippen molar-refractivity contribution < 1.29 is 4.74 Å². The zero-order valence-electron chi connectivity index (χ0n) is 15.3. The van der Waals surface area contributed by atoms with Gasteiger partial charge in [-0.1, -0.05) is 11.3 Å². The number of aryl methyl sites for hydroxylation is 3. The highest BCUT2D eigenvalue weighted by Crippen LogP contribution is 2.32. The van der Waals surface area contributed by atoms with E-state index in [0.29, 0.717) is 13.2 Å². The van der Waals surface area contributed by atoms with E-state index in [4.69, 9.17) is 4.74 Å². The van der Waals surface area contributed by atoms with Gasteiger partial charge in [-0.05, 0) is 26.8 Å². The molecule has 0 aliphatic heterocycles. The zero-order chi connectivity index (χ0) is 18.0. The molecule has 7 nitrogen and oxygen atoms in total. The minimum absolute atomic E-state index is 0.207. The molecule has 0 aromatic carbocycles. The Hall–Kier alpha value is -2.19. The maximum absolute atomic E-state index is 5.20. The first-order valence-electron chi connectivity index (χ1n) is 8.22. The van der Waals surface area contributed by atoms with E-state index in [0.717, 1.165) is 27.1 Å². The lowest BCUT2D eigenvalue weighted by Crippen LogP contribution is -2.11. The Morgan fingerprint density at radius 2 is 2.08 bits per heavy atom. The van der Waals surface area contributed by atoms with E-state index in [1.165, 1.54) is 5.56 Å². The van der Waals surface area contributed by atoms with Gasteiger partial charge >= 0.3 is 0 Å². The van der Waals surface area contributed by atoms with Crippen molar-refractivity contribution in [1.29, 1.82) is 0 Å². The second kappa shape index (κ2) is 7.37. The first-order valence-corrected chi connectivity index (χ1v) is 9.04. The Bertz CT molecular complexity index is 849. The number of hydrogen-bond donors (Lipinski definition) is 1. The summed E-state index contributed by atoms with van der Waals surface area (Å²) in [4.78, 5) is 5.73. The Labute approximate surface area is 151 Å². The minimum Gasteiger partial charge on any atom is -0.382 e. The van der Waals surface area contributed by atoms with Crippen molar-refractivity contribution in [3.63, 3.8) is 0 Å². The van der Waals surface area contributed by atoms with Gasteiger partial charge in [0.05, 0.1) is 28.9 Å². The van der Waals surface area contributed by atoms with E-state index < -0.39 is 0 Å². The topological polar surface area (TPSA) is 69.8 Å². The average Bonchev–Trinajstić information content (AvgIpc) is 3.24. The molecule has 3 rings (SSSR count). The zero-order valence-corrected chi connectivity index (χ0v) is 16.1. The van der Waals surface area contributed by atoms with Crippen molar-refractivity contribution in [3.05, 3.63) is 35.4 Å². The summed E-state index contributed by atoms with van der Waals surface area (Å²) in [5.74, 6) is 0. The monoisotopic (exact) mass is 360 g/mol. The van der Waals surface area contributed by atoms with E-state index >= 15 is 0 Å². The summed E-state index contributed by atoms with van der Waals surface area (Å²) < 4.78 is 8.97. The lowest BCUT2D eigenvalue weighted by atomic mass is 10.3. The number of nitrogens with zero attached hydrogens (tertiary/aromatic N) is 5. The van der Waals surface area contributed by atoms with Crippen LogP contribution in [0.25, 0.3) is 10.6 Å². The van der Waals surface area contributed by atoms with Crippen molar-refractivity contribution in [1.82, 2.24) is 24.5 Å². The second-order valence-corrected chi connectivity index (χ2v) is 7.18. The molecule has 134 valence electrons. The lowest BCUT2D eigenvalue weighted by Gasteiger charge is -2.09. The molecule has 8 heteroatoms. The molecule has 0 amide bonds. The van der Waals surface area contributed by atoms with E-state index in [9.17, 15) is 0 Å². The van der Waals surface area contributed by atoms with Gasteiger partial charge < -0.3 is 10.1 Å². The molecule has 0 saturated heterocycles. The van der Waals surface area contributed by atoms with Crippen molar-refractivity contribution in [2.24, 2.45) is 7.05 Å². The summed E-state index contributed by atoms with van der Waals surface area (Å²) >= 11 is 1.63. The highest BCUT2D eigenvalue weighted by molar-refractivity contribution is 7.19. The molecule has 1 unspecified atom stereocenters. The van der Waals surface area contributed by atoms with Gasteiger partial charge in [0.15, 0.2) is 5.13 Å². The third-order valence-corrected chi connectivity index (χ3v) is 5.18. The van der Waals surface area contributed by atoms with Crippen LogP contribution in [0.4, 0.5) is 5.13 Å². The summed E-state index contributed by atoms with van der Waals surface area (Å²) in [5.41, 5.74) is 4.15. The largest absolute Gasteiger partial charge is 0.382 e. The minimum atomic E-state index is 0.207. The summed E-state index contributed by atoms with van der Waals surface area (Å²) in [6.45, 7) is 7.47. The van der Waals surface area contributed by atoms with Gasteiger partial charge in [0.1, 0.15) is 5.69 Å². The van der Waals surface area contributed by atoms with Crippen LogP contribution in [0.3, 0.4) is 0 Å². The normalized spacial score (nSPS) is 12.5. The third kappa shape index (κ3) is 3.91. The van der Waals surface area contributed by atoms with Crippen molar-refractivity contribution >= 4 is 16.5 Å². The Balaban J connectivity index is 1.73. The fraction of sp³-hybridized carbons (Fsp3) is 0.471. The molecule has 3 aromatic heterocycles. The second-order valence-electron chi connectivity index (χ2n) is 6.19. The fourth-order valence-electron chi connectivity index (χ4n) is 2.72. The number of anilines is 1. The predicted molar refractivity (Wildman–Crippen MR) is 99.9 cm³/mol. The SMILES string of the molecule is COCC(C)n1ccc(-c2sc(NCc3cn(C)nc3C)nc2C)n1. The average molecular weight is 360 g/mol. The Morgan fingerprint density at radius 1 is 1.28 bits per heavy atom. The van der Waals surface area contributed by atoms with Gasteiger partial charge in [0.25, 0.3) is 0 Å². The Kier molecular flexibility index (Phi) is 5.19. The smallest absolute Gasteiger partial charge is 0.183 e. The van der Waals surface area contributed by atoms with Crippen LogP contribution in [-0.2, 0) is 18.3 Å². The standard InChI is InChI=1S/C17H24N6OS/c1-11(10-24-5)23-7-6-15(21-23)16-13(3)19-17(25-16)18-8-14-9-22(4)20-12(14)2/h6-7,9,11H,8,10H2,1-5H3,(H,18,19). The van der Waals surface area contributed by atoms with Crippen molar-refractivity contribution in [2.75, 3.05) is 19.0 Å². The maximum atomic E-state index is 5.20. The van der Waals surface area contributed by atoms with Crippen LogP contribution in [0.2, 0.25) is 0 Å². The number of hydrogen-bond acceptors (Lipinski definition) is 6. The quantitative estimate of drug-likeness (QED) is 0.701. The molecule has 0 fully saturated rings. The van der Waals surface area contributed by atoms with Gasteiger partial charge in [-0.2, -0.15) is 10.2 Å². The maximum Gasteiger partial charge on any atom is 0.183 e. The molecule has 1 atom stereocenters. The number of methoxy groups -OCH3 is 1. The van der Waals surface area contributed by atoms with E-state index in [1.54, 1.807) is 18.4 Å². The highest BCUT2D eigenvalue weighted by atomic mass is 32.1. The summed E-state index contributed by atoms with van der Waals surface area (Å²) in [6.07, 6.45) is 4.02. The third-order valence-electron chi connectivity index (χ3n) is 4.04. The molecule has 0 aliphatic carbocycles. The van der Waals surface area contributed by atoms with Crippen LogP contribution in [0.1, 0.15) is 29.9 Å². The first-order chi connectivity index (χ1) is 12.0. The van der Waals surface area contributed by atoms with E-state index in [-0.39, 0.29) is 6.04 Å². The molecule has 0 saturated carbocycles. The van der Waals surface area contributed by atoms with Crippen LogP contribution < -0.4 is 5.32 Å². The molecule has 0 bridgehead atoms. The number of rotatable bonds is 7. The fourth-order valence-corrected chi connectivity index (χ4v) is 3.65. The molecular weight excluding hydrogens is 336 g/mol. The van der Waals surface area contributed by atoms with Crippen molar-refractivity contribution in [3.8, 4) is 10.6 Å². The van der Waals surface area contributed by atoms with Gasteiger partial charge in [0.2, 0.25) is 0 Å². The van der Waals surface area contributed by atoms with Crippen LogP contribution in [0.15, 0.2) is 18.5 Å². The summed E-state index contributed by atoms with van der Waals surface area (Å²) in [5, 5.41) is 13.3. The number of nitrogens with one attached hydrogen (secondary N) is 1. The van der Waals surface area contributed by atoms with E-state index in [1.807, 2.05) is 48.7 Å². The van der Waals surface area contributed by atoms with Crippen LogP contribution in [0, 0.1) is 13.8 Å². The van der Waals surface area contributed by atoms with Crippen molar-refractivity contribution in [2.45, 2.75) is 33.4 Å². The summed E-state index contributed by atoms with van der Waals surface area (Å²) in [7, 11) is 3.64. The molecule has 0 radical (unpaired) electrons. The van der Waals surface area contributed by atoms with E-state index in [2.05, 4.69) is 27.4 Å². The lowest BCUT2D eigenvalue weighted by molar-refractivity contribution is 0.157. The van der Waals surface area contributed by atoms with Crippen LogP contribution in [0.5, 0.6) is 0 Å². The van der Waals surface area contributed by atoms with Gasteiger partial charge in [0, 0.05) is 38.7 Å². The predicted octanol–water partition coefficient (Wildman–Crippen LogP) is 3.18. The first kappa shape index (κ1) is 17.6. The molecule has 3 aromatic rings. The number of ether oxygens (including phenoxy) is 1. The number of aromatic nitrogens is 5. The number of thiazole rings is 1. The molecular formula is C17H24N6OS. The molecule has 25 heavy (non-hydrogen) atoms. The molecule has 0 aliphatic rings. The highest BCUT2D eigenvalue weighted by Gasteiger charge is 2.14. The van der Waals surface area contributed by atoms with Gasteiger partial charge in [-0.3, -0.25) is 9.36 Å². The van der Waals surface area contributed by atoms with Gasteiger partial charge in [-0.15, -0.1) is 0 Å².